The van der Waals surface area contributed by atoms with E-state index in [1.54, 1.807) is 0 Å². The Bertz CT molecular complexity index is 1370. The summed E-state index contributed by atoms with van der Waals surface area (Å²) in [6, 6.07) is 28.3. The number of benzene rings is 3. The number of unbranched alkanes of at least 4 members (excludes halogenated alkanes) is 10. The molecule has 0 spiro atoms. The number of rotatable bonds is 21. The zero-order valence-electron chi connectivity index (χ0n) is 28.0. The molecule has 0 fully saturated rings. The van der Waals surface area contributed by atoms with E-state index in [0.29, 0.717) is 6.92 Å². The Kier molecular flexibility index (Phi) is 19.1. The van der Waals surface area contributed by atoms with Crippen molar-refractivity contribution >= 4 is 31.1 Å². The minimum Gasteiger partial charge on any atom is -0.747 e. The van der Waals surface area contributed by atoms with Crippen LogP contribution in [0.1, 0.15) is 97.8 Å². The molecule has 0 heterocycles. The van der Waals surface area contributed by atoms with Crippen LogP contribution in [-0.4, -0.2) is 43.7 Å². The van der Waals surface area contributed by atoms with Gasteiger partial charge in [0.2, 0.25) is 0 Å². The van der Waals surface area contributed by atoms with Crippen molar-refractivity contribution in [2.45, 2.75) is 117 Å². The highest BCUT2D eigenvalue weighted by molar-refractivity contribution is 8.03. The van der Waals surface area contributed by atoms with Crippen molar-refractivity contribution in [1.82, 2.24) is 0 Å². The third kappa shape index (κ3) is 16.4. The third-order valence-electron chi connectivity index (χ3n) is 7.46. The Morgan fingerprint density at radius 3 is 1.30 bits per heavy atom. The Morgan fingerprint density at radius 2 is 0.957 bits per heavy atom. The molecule has 0 bridgehead atoms. The van der Waals surface area contributed by atoms with Gasteiger partial charge in [-0.25, -0.2) is 8.42 Å². The summed E-state index contributed by atoms with van der Waals surface area (Å²) in [5.74, 6) is 1.93. The van der Waals surface area contributed by atoms with Crippen molar-refractivity contribution in [2.75, 3.05) is 13.2 Å². The van der Waals surface area contributed by atoms with E-state index in [4.69, 9.17) is 14.0 Å². The molecule has 0 aliphatic rings. The van der Waals surface area contributed by atoms with Gasteiger partial charge in [0.1, 0.15) is 21.6 Å². The lowest BCUT2D eigenvalue weighted by molar-refractivity contribution is 0.304. The molecule has 8 nitrogen and oxygen atoms in total. The first-order valence-corrected chi connectivity index (χ1v) is 20.8. The summed E-state index contributed by atoms with van der Waals surface area (Å²) in [5.41, 5.74) is 0. The molecular weight excluding hydrogens is 657 g/mol. The van der Waals surface area contributed by atoms with Crippen LogP contribution in [0.25, 0.3) is 0 Å². The fourth-order valence-corrected chi connectivity index (χ4v) is 7.86. The Labute approximate surface area is 286 Å². The van der Waals surface area contributed by atoms with Gasteiger partial charge < -0.3 is 14.0 Å². The SMILES string of the molecule is CC(S(=O)(=O)[O-])S(=O)(=O)O.CCCCCCCCOc1ccc([S+](c2ccccc2)c2ccc(OCCCCCCCC)cc2)cc1. The highest BCUT2D eigenvalue weighted by Gasteiger charge is 2.28. The first kappa shape index (κ1) is 40.6. The van der Waals surface area contributed by atoms with Crippen molar-refractivity contribution in [3.8, 4) is 11.5 Å². The first-order chi connectivity index (χ1) is 22.5. The van der Waals surface area contributed by atoms with Crippen molar-refractivity contribution in [2.24, 2.45) is 0 Å². The van der Waals surface area contributed by atoms with Crippen LogP contribution in [0.4, 0.5) is 0 Å². The van der Waals surface area contributed by atoms with Crippen LogP contribution in [-0.2, 0) is 31.1 Å². The molecule has 1 unspecified atom stereocenters. The van der Waals surface area contributed by atoms with Gasteiger partial charge in [0, 0.05) is 0 Å². The fraction of sp³-hybridized carbons (Fsp3) is 0.500. The molecule has 47 heavy (non-hydrogen) atoms. The fourth-order valence-electron chi connectivity index (χ4n) is 4.60. The molecule has 3 rings (SSSR count). The van der Waals surface area contributed by atoms with Gasteiger partial charge in [-0.1, -0.05) is 96.3 Å². The number of ether oxygens (including phenoxy) is 2. The summed E-state index contributed by atoms with van der Waals surface area (Å²) in [5, 5.41) is 0. The monoisotopic (exact) mass is 708 g/mol. The maximum absolute atomic E-state index is 9.95. The second-order valence-electron chi connectivity index (χ2n) is 11.4. The zero-order valence-corrected chi connectivity index (χ0v) is 30.5. The van der Waals surface area contributed by atoms with Gasteiger partial charge in [0.25, 0.3) is 10.1 Å². The van der Waals surface area contributed by atoms with Gasteiger partial charge in [-0.3, -0.25) is 4.55 Å². The largest absolute Gasteiger partial charge is 0.747 e. The molecule has 0 aliphatic carbocycles. The summed E-state index contributed by atoms with van der Waals surface area (Å²) in [4.78, 5) is 3.93. The average molecular weight is 709 g/mol. The van der Waals surface area contributed by atoms with E-state index in [0.717, 1.165) is 37.6 Å². The van der Waals surface area contributed by atoms with E-state index in [9.17, 15) is 21.4 Å². The smallest absolute Gasteiger partial charge is 0.280 e. The molecule has 11 heteroatoms. The van der Waals surface area contributed by atoms with Crippen molar-refractivity contribution in [3.05, 3.63) is 78.9 Å². The second kappa shape index (κ2) is 22.1. The van der Waals surface area contributed by atoms with Crippen LogP contribution in [0.15, 0.2) is 93.5 Å². The van der Waals surface area contributed by atoms with Crippen molar-refractivity contribution in [1.29, 1.82) is 0 Å². The summed E-state index contributed by atoms with van der Waals surface area (Å²) in [6.07, 6.45) is 15.4. The van der Waals surface area contributed by atoms with Crippen LogP contribution in [0.5, 0.6) is 11.5 Å². The van der Waals surface area contributed by atoms with E-state index < -0.39 is 24.8 Å². The van der Waals surface area contributed by atoms with E-state index in [1.807, 2.05) is 0 Å². The lowest BCUT2D eigenvalue weighted by atomic mass is 10.1. The first-order valence-electron chi connectivity index (χ1n) is 16.6. The van der Waals surface area contributed by atoms with Gasteiger partial charge in [0.05, 0.1) is 24.1 Å². The molecule has 0 saturated heterocycles. The average Bonchev–Trinajstić information content (AvgIpc) is 3.05. The summed E-state index contributed by atoms with van der Waals surface area (Å²) >= 11 is 0. The van der Waals surface area contributed by atoms with Gasteiger partial charge >= 0.3 is 0 Å². The molecule has 0 aromatic heterocycles. The predicted molar refractivity (Wildman–Crippen MR) is 190 cm³/mol. The maximum atomic E-state index is 9.95. The van der Waals surface area contributed by atoms with Gasteiger partial charge in [-0.05, 0) is 80.4 Å². The lowest BCUT2D eigenvalue weighted by Gasteiger charge is -2.11. The normalized spacial score (nSPS) is 12.3. The molecule has 3 aromatic carbocycles. The quantitative estimate of drug-likeness (QED) is 0.0659. The summed E-state index contributed by atoms with van der Waals surface area (Å²) in [6.45, 7) is 6.72. The van der Waals surface area contributed by atoms with Crippen LogP contribution in [0.3, 0.4) is 0 Å². The Morgan fingerprint density at radius 1 is 0.596 bits per heavy atom. The molecule has 1 N–H and O–H groups in total. The molecule has 0 aliphatic heterocycles. The van der Waals surface area contributed by atoms with Crippen molar-refractivity contribution < 1.29 is 35.4 Å². The molecule has 0 amide bonds. The van der Waals surface area contributed by atoms with Crippen LogP contribution in [0.2, 0.25) is 0 Å². The molecular formula is C36H52O8S3. The Hall–Kier alpha value is -2.57. The summed E-state index contributed by atoms with van der Waals surface area (Å²) in [7, 11) is -9.88. The minimum absolute atomic E-state index is 0.167. The van der Waals surface area contributed by atoms with Gasteiger partial charge in [-0.15, -0.1) is 0 Å². The standard InChI is InChI=1S/C34H47O2S.C2H6O6S2/c1-3-5-7-9-11-16-28-35-30-20-24-33(25-21-30)37(32-18-14-13-15-19-32)34-26-22-31(23-27-34)36-29-17-12-10-8-6-4-2;1-2(9(3,4)5)10(6,7)8/h13-15,18-27H,3-12,16-17,28-29H2,1-2H3;2H,1H3,(H,3,4,5)(H,6,7,8)/q+1;/p-1. The second-order valence-corrected chi connectivity index (χ2v) is 17.1. The van der Waals surface area contributed by atoms with Gasteiger partial charge in [0.15, 0.2) is 19.3 Å². The molecule has 1 atom stereocenters. The molecule has 262 valence electrons. The number of hydrogen-bond donors (Lipinski definition) is 1. The van der Waals surface area contributed by atoms with Crippen LogP contribution in [0, 0.1) is 0 Å². The lowest BCUT2D eigenvalue weighted by Crippen LogP contribution is -2.26. The van der Waals surface area contributed by atoms with E-state index in [2.05, 4.69) is 92.7 Å². The maximum Gasteiger partial charge on any atom is 0.280 e. The predicted octanol–water partition coefficient (Wildman–Crippen LogP) is 9.03. The summed E-state index contributed by atoms with van der Waals surface area (Å²) < 4.78 is 67.4. The Balaban J connectivity index is 0.000000663. The van der Waals surface area contributed by atoms with E-state index in [-0.39, 0.29) is 10.9 Å². The van der Waals surface area contributed by atoms with Crippen molar-refractivity contribution in [3.63, 3.8) is 0 Å². The third-order valence-corrected chi connectivity index (χ3v) is 12.8. The molecule has 3 aromatic rings. The van der Waals surface area contributed by atoms with Crippen LogP contribution < -0.4 is 9.47 Å². The van der Waals surface area contributed by atoms with Gasteiger partial charge in [-0.2, -0.15) is 8.42 Å². The number of hydrogen-bond acceptors (Lipinski definition) is 7. The highest BCUT2D eigenvalue weighted by Crippen LogP contribution is 2.33. The molecule has 0 saturated carbocycles. The molecule has 0 radical (unpaired) electrons. The topological polar surface area (TPSA) is 130 Å². The minimum atomic E-state index is -4.95. The van der Waals surface area contributed by atoms with E-state index >= 15 is 0 Å². The highest BCUT2D eigenvalue weighted by atomic mass is 32.3. The zero-order chi connectivity index (χ0) is 34.5. The van der Waals surface area contributed by atoms with Crippen LogP contribution >= 0.6 is 0 Å². The van der Waals surface area contributed by atoms with E-state index in [1.165, 1.54) is 78.9 Å².